The normalized spacial score (nSPS) is 17.3. The first-order valence-corrected chi connectivity index (χ1v) is 5.17. The highest BCUT2D eigenvalue weighted by Crippen LogP contribution is 2.04. The molecule has 0 radical (unpaired) electrons. The lowest BCUT2D eigenvalue weighted by atomic mass is 10.2. The molecular weight excluding hydrogens is 188 g/mol. The van der Waals surface area contributed by atoms with E-state index >= 15 is 0 Å². The Hall–Kier alpha value is -1.44. The maximum atomic E-state index is 8.73. The van der Waals surface area contributed by atoms with Crippen molar-refractivity contribution in [1.29, 1.82) is 5.26 Å². The molecule has 0 aromatic carbocycles. The fourth-order valence-corrected chi connectivity index (χ4v) is 1.73. The third-order valence-electron chi connectivity index (χ3n) is 2.52. The van der Waals surface area contributed by atoms with E-state index in [0.29, 0.717) is 5.69 Å². The Labute approximate surface area is 89.5 Å². The fourth-order valence-electron chi connectivity index (χ4n) is 1.73. The second kappa shape index (κ2) is 4.87. The SMILES string of the molecule is N#Cc1cccc(CN2CCNCC2)n1. The van der Waals surface area contributed by atoms with Gasteiger partial charge in [0, 0.05) is 32.7 Å². The molecule has 0 aliphatic carbocycles. The van der Waals surface area contributed by atoms with E-state index in [9.17, 15) is 0 Å². The van der Waals surface area contributed by atoms with Gasteiger partial charge in [-0.25, -0.2) is 4.98 Å². The third-order valence-corrected chi connectivity index (χ3v) is 2.52. The van der Waals surface area contributed by atoms with Crippen molar-refractivity contribution in [3.05, 3.63) is 29.6 Å². The molecule has 1 aliphatic rings. The van der Waals surface area contributed by atoms with Gasteiger partial charge in [-0.15, -0.1) is 0 Å². The Morgan fingerprint density at radius 3 is 2.93 bits per heavy atom. The van der Waals surface area contributed by atoms with E-state index in [0.717, 1.165) is 38.4 Å². The zero-order valence-electron chi connectivity index (χ0n) is 8.61. The molecule has 0 spiro atoms. The lowest BCUT2D eigenvalue weighted by Crippen LogP contribution is -2.43. The summed E-state index contributed by atoms with van der Waals surface area (Å²) in [7, 11) is 0. The summed E-state index contributed by atoms with van der Waals surface area (Å²) in [6, 6.07) is 7.67. The van der Waals surface area contributed by atoms with Gasteiger partial charge >= 0.3 is 0 Å². The number of pyridine rings is 1. The predicted molar refractivity (Wildman–Crippen MR) is 57.1 cm³/mol. The summed E-state index contributed by atoms with van der Waals surface area (Å²) in [6.45, 7) is 5.03. The zero-order valence-corrected chi connectivity index (χ0v) is 8.61. The summed E-state index contributed by atoms with van der Waals surface area (Å²) >= 11 is 0. The molecule has 2 rings (SSSR count). The van der Waals surface area contributed by atoms with Gasteiger partial charge in [0.05, 0.1) is 5.69 Å². The minimum atomic E-state index is 0.502. The first-order chi connectivity index (χ1) is 7.38. The average molecular weight is 202 g/mol. The molecule has 4 heteroatoms. The number of nitrogens with zero attached hydrogens (tertiary/aromatic N) is 3. The van der Waals surface area contributed by atoms with Gasteiger partial charge in [0.1, 0.15) is 11.8 Å². The van der Waals surface area contributed by atoms with Crippen LogP contribution in [-0.2, 0) is 6.54 Å². The van der Waals surface area contributed by atoms with E-state index in [1.54, 1.807) is 6.07 Å². The van der Waals surface area contributed by atoms with Crippen molar-refractivity contribution in [2.24, 2.45) is 0 Å². The van der Waals surface area contributed by atoms with Crippen molar-refractivity contribution >= 4 is 0 Å². The Balaban J connectivity index is 2.00. The third kappa shape index (κ3) is 2.75. The second-order valence-corrected chi connectivity index (χ2v) is 3.65. The van der Waals surface area contributed by atoms with Crippen LogP contribution in [0.1, 0.15) is 11.4 Å². The van der Waals surface area contributed by atoms with Crippen LogP contribution in [0.5, 0.6) is 0 Å². The number of nitriles is 1. The van der Waals surface area contributed by atoms with Crippen LogP contribution in [0.15, 0.2) is 18.2 Å². The van der Waals surface area contributed by atoms with Crippen LogP contribution in [0.2, 0.25) is 0 Å². The first kappa shape index (κ1) is 10.1. The van der Waals surface area contributed by atoms with Gasteiger partial charge in [0.15, 0.2) is 0 Å². The van der Waals surface area contributed by atoms with E-state index < -0.39 is 0 Å². The minimum Gasteiger partial charge on any atom is -0.314 e. The molecule has 1 aromatic heterocycles. The van der Waals surface area contributed by atoms with Gasteiger partial charge in [-0.05, 0) is 12.1 Å². The van der Waals surface area contributed by atoms with Crippen LogP contribution >= 0.6 is 0 Å². The van der Waals surface area contributed by atoms with Crippen LogP contribution in [0.3, 0.4) is 0 Å². The summed E-state index contributed by atoms with van der Waals surface area (Å²) in [5.41, 5.74) is 1.48. The highest BCUT2D eigenvalue weighted by Gasteiger charge is 2.10. The molecule has 0 saturated carbocycles. The van der Waals surface area contributed by atoms with Crippen LogP contribution in [0.25, 0.3) is 0 Å². The predicted octanol–water partition coefficient (Wildman–Crippen LogP) is 0.358. The van der Waals surface area contributed by atoms with Gasteiger partial charge in [-0.3, -0.25) is 4.90 Å². The Morgan fingerprint density at radius 1 is 1.40 bits per heavy atom. The molecule has 0 amide bonds. The molecule has 1 saturated heterocycles. The summed E-state index contributed by atoms with van der Waals surface area (Å²) < 4.78 is 0. The van der Waals surface area contributed by atoms with Crippen LogP contribution in [-0.4, -0.2) is 36.1 Å². The summed E-state index contributed by atoms with van der Waals surface area (Å²) in [4.78, 5) is 6.61. The van der Waals surface area contributed by atoms with Crippen molar-refractivity contribution < 1.29 is 0 Å². The van der Waals surface area contributed by atoms with Crippen molar-refractivity contribution in [3.8, 4) is 6.07 Å². The molecule has 1 fully saturated rings. The minimum absolute atomic E-state index is 0.502. The lowest BCUT2D eigenvalue weighted by Gasteiger charge is -2.26. The van der Waals surface area contributed by atoms with E-state index in [2.05, 4.69) is 21.3 Å². The molecule has 1 aliphatic heterocycles. The topological polar surface area (TPSA) is 52.0 Å². The van der Waals surface area contributed by atoms with Gasteiger partial charge in [-0.1, -0.05) is 6.07 Å². The van der Waals surface area contributed by atoms with E-state index in [4.69, 9.17) is 5.26 Å². The summed E-state index contributed by atoms with van der Waals surface area (Å²) in [5.74, 6) is 0. The standard InChI is InChI=1S/C11H14N4/c12-8-10-2-1-3-11(14-10)9-15-6-4-13-5-7-15/h1-3,13H,4-7,9H2. The van der Waals surface area contributed by atoms with Gasteiger partial charge in [-0.2, -0.15) is 5.26 Å². The van der Waals surface area contributed by atoms with Crippen LogP contribution in [0.4, 0.5) is 0 Å². The van der Waals surface area contributed by atoms with E-state index in [1.165, 1.54) is 0 Å². The van der Waals surface area contributed by atoms with Gasteiger partial charge in [0.2, 0.25) is 0 Å². The van der Waals surface area contributed by atoms with Gasteiger partial charge in [0.25, 0.3) is 0 Å². The summed E-state index contributed by atoms with van der Waals surface area (Å²) in [5, 5.41) is 12.0. The first-order valence-electron chi connectivity index (χ1n) is 5.17. The molecule has 0 unspecified atom stereocenters. The van der Waals surface area contributed by atoms with Gasteiger partial charge < -0.3 is 5.32 Å². The van der Waals surface area contributed by atoms with Crippen molar-refractivity contribution in [2.45, 2.75) is 6.54 Å². The maximum absolute atomic E-state index is 8.73. The molecule has 15 heavy (non-hydrogen) atoms. The Bertz CT molecular complexity index is 363. The van der Waals surface area contributed by atoms with Crippen molar-refractivity contribution in [3.63, 3.8) is 0 Å². The number of rotatable bonds is 2. The number of hydrogen-bond donors (Lipinski definition) is 1. The monoisotopic (exact) mass is 202 g/mol. The molecule has 1 N–H and O–H groups in total. The van der Waals surface area contributed by atoms with Crippen LogP contribution in [0, 0.1) is 11.3 Å². The second-order valence-electron chi connectivity index (χ2n) is 3.65. The molecule has 0 atom stereocenters. The molecule has 0 bridgehead atoms. The summed E-state index contributed by atoms with van der Waals surface area (Å²) in [6.07, 6.45) is 0. The molecule has 2 heterocycles. The number of hydrogen-bond acceptors (Lipinski definition) is 4. The average Bonchev–Trinajstić information content (AvgIpc) is 2.31. The van der Waals surface area contributed by atoms with E-state index in [1.807, 2.05) is 12.1 Å². The number of nitrogens with one attached hydrogen (secondary N) is 1. The van der Waals surface area contributed by atoms with Crippen LogP contribution < -0.4 is 5.32 Å². The largest absolute Gasteiger partial charge is 0.314 e. The highest BCUT2D eigenvalue weighted by atomic mass is 15.2. The molecule has 4 nitrogen and oxygen atoms in total. The zero-order chi connectivity index (χ0) is 10.5. The molecule has 1 aromatic rings. The number of piperazine rings is 1. The number of aromatic nitrogens is 1. The smallest absolute Gasteiger partial charge is 0.140 e. The lowest BCUT2D eigenvalue weighted by molar-refractivity contribution is 0.230. The maximum Gasteiger partial charge on any atom is 0.140 e. The Morgan fingerprint density at radius 2 is 2.20 bits per heavy atom. The fraction of sp³-hybridized carbons (Fsp3) is 0.455. The van der Waals surface area contributed by atoms with Crippen molar-refractivity contribution in [2.75, 3.05) is 26.2 Å². The van der Waals surface area contributed by atoms with E-state index in [-0.39, 0.29) is 0 Å². The Kier molecular flexibility index (Phi) is 3.28. The highest BCUT2D eigenvalue weighted by molar-refractivity contribution is 5.22. The molecule has 78 valence electrons. The van der Waals surface area contributed by atoms with Crippen molar-refractivity contribution in [1.82, 2.24) is 15.2 Å². The quantitative estimate of drug-likeness (QED) is 0.752. The molecular formula is C11H14N4.